The first kappa shape index (κ1) is 30.1. The van der Waals surface area contributed by atoms with Crippen molar-refractivity contribution in [3.8, 4) is 11.5 Å². The van der Waals surface area contributed by atoms with Crippen LogP contribution < -0.4 is 15.2 Å². The summed E-state index contributed by atoms with van der Waals surface area (Å²) in [7, 11) is 0. The van der Waals surface area contributed by atoms with Crippen LogP contribution in [0.4, 0.5) is 0 Å². The number of nitrogen functional groups attached to an aromatic ring is 1. The number of carbonyl (C=O) groups is 4. The Morgan fingerprint density at radius 3 is 2.02 bits per heavy atom. The van der Waals surface area contributed by atoms with Crippen molar-refractivity contribution < 1.29 is 38.1 Å². The zero-order valence-electron chi connectivity index (χ0n) is 23.2. The molecule has 0 aromatic heterocycles. The summed E-state index contributed by atoms with van der Waals surface area (Å²) in [5, 5.41) is 7.60. The van der Waals surface area contributed by atoms with Crippen molar-refractivity contribution in [1.82, 2.24) is 4.90 Å². The SMILES string of the molecule is CC(C)COC(=O)COc1ccc(C(=O)CN2Cc3cc(C(=N)N)ccc3C2=O)cc1OCC(=O)OCC(C)C. The molecule has 11 nitrogen and oxygen atoms in total. The molecule has 1 heterocycles. The van der Waals surface area contributed by atoms with Gasteiger partial charge in [-0.1, -0.05) is 33.8 Å². The molecule has 0 aliphatic carbocycles. The summed E-state index contributed by atoms with van der Waals surface area (Å²) in [6.45, 7) is 7.26. The Kier molecular flexibility index (Phi) is 10.2. The number of amidine groups is 1. The van der Waals surface area contributed by atoms with E-state index in [0.29, 0.717) is 16.7 Å². The normalized spacial score (nSPS) is 12.3. The maximum Gasteiger partial charge on any atom is 0.344 e. The molecule has 3 N–H and O–H groups in total. The fourth-order valence-corrected chi connectivity index (χ4v) is 3.73. The smallest absolute Gasteiger partial charge is 0.344 e. The van der Waals surface area contributed by atoms with Gasteiger partial charge in [0.05, 0.1) is 19.8 Å². The van der Waals surface area contributed by atoms with Crippen LogP contribution in [0, 0.1) is 17.2 Å². The van der Waals surface area contributed by atoms with E-state index in [9.17, 15) is 19.2 Å². The zero-order chi connectivity index (χ0) is 29.4. The average Bonchev–Trinajstić information content (AvgIpc) is 3.22. The predicted molar refractivity (Wildman–Crippen MR) is 146 cm³/mol. The minimum atomic E-state index is -0.599. The van der Waals surface area contributed by atoms with Gasteiger partial charge in [-0.3, -0.25) is 15.0 Å². The molecule has 0 fully saturated rings. The van der Waals surface area contributed by atoms with E-state index in [4.69, 9.17) is 30.1 Å². The van der Waals surface area contributed by atoms with Crippen molar-refractivity contribution in [2.75, 3.05) is 33.0 Å². The fraction of sp³-hybridized carbons (Fsp3) is 0.414. The highest BCUT2D eigenvalue weighted by atomic mass is 16.6. The first-order chi connectivity index (χ1) is 18.9. The largest absolute Gasteiger partial charge is 0.478 e. The lowest BCUT2D eigenvalue weighted by molar-refractivity contribution is -0.148. The third-order valence-electron chi connectivity index (χ3n) is 5.74. The number of ether oxygens (including phenoxy) is 4. The summed E-state index contributed by atoms with van der Waals surface area (Å²) in [6.07, 6.45) is 0. The third kappa shape index (κ3) is 8.29. The molecule has 214 valence electrons. The number of nitrogens with zero attached hydrogens (tertiary/aromatic N) is 1. The zero-order valence-corrected chi connectivity index (χ0v) is 23.2. The molecule has 0 spiro atoms. The van der Waals surface area contributed by atoms with Gasteiger partial charge in [0.25, 0.3) is 5.91 Å². The summed E-state index contributed by atoms with van der Waals surface area (Å²) >= 11 is 0. The molecule has 1 amide bonds. The molecule has 11 heteroatoms. The molecule has 0 saturated carbocycles. The Morgan fingerprint density at radius 2 is 1.45 bits per heavy atom. The summed E-state index contributed by atoms with van der Waals surface area (Å²) in [6, 6.07) is 9.20. The van der Waals surface area contributed by atoms with Crippen LogP contribution in [0.15, 0.2) is 36.4 Å². The lowest BCUT2D eigenvalue weighted by atomic mass is 10.1. The van der Waals surface area contributed by atoms with Crippen LogP contribution >= 0.6 is 0 Å². The van der Waals surface area contributed by atoms with E-state index in [-0.39, 0.29) is 72.7 Å². The van der Waals surface area contributed by atoms with Crippen molar-refractivity contribution >= 4 is 29.5 Å². The van der Waals surface area contributed by atoms with Crippen LogP contribution in [0.3, 0.4) is 0 Å². The van der Waals surface area contributed by atoms with Crippen LogP contribution in [-0.4, -0.2) is 67.3 Å². The van der Waals surface area contributed by atoms with Gasteiger partial charge in [-0.25, -0.2) is 9.59 Å². The number of esters is 2. The van der Waals surface area contributed by atoms with Crippen LogP contribution in [0.1, 0.15) is 59.5 Å². The lowest BCUT2D eigenvalue weighted by Crippen LogP contribution is -2.30. The quantitative estimate of drug-likeness (QED) is 0.155. The van der Waals surface area contributed by atoms with E-state index in [2.05, 4.69) is 0 Å². The number of Topliss-reactive ketones (excluding diaryl/α,β-unsaturated/α-hetero) is 1. The number of rotatable bonds is 14. The summed E-state index contributed by atoms with van der Waals surface area (Å²) in [5.41, 5.74) is 7.40. The van der Waals surface area contributed by atoms with Gasteiger partial charge in [0, 0.05) is 23.2 Å². The van der Waals surface area contributed by atoms with Gasteiger partial charge in [-0.15, -0.1) is 0 Å². The minimum Gasteiger partial charge on any atom is -0.478 e. The van der Waals surface area contributed by atoms with E-state index < -0.39 is 25.2 Å². The van der Waals surface area contributed by atoms with Crippen LogP contribution in [-0.2, 0) is 25.6 Å². The van der Waals surface area contributed by atoms with Gasteiger partial charge in [0.1, 0.15) is 5.84 Å². The minimum absolute atomic E-state index is 0.0612. The van der Waals surface area contributed by atoms with Crippen LogP contribution in [0.5, 0.6) is 11.5 Å². The Hall–Kier alpha value is -4.41. The average molecular weight is 554 g/mol. The van der Waals surface area contributed by atoms with Crippen molar-refractivity contribution in [2.45, 2.75) is 34.2 Å². The van der Waals surface area contributed by atoms with Crippen LogP contribution in [0.25, 0.3) is 0 Å². The second-order valence-corrected chi connectivity index (χ2v) is 10.3. The van der Waals surface area contributed by atoms with Gasteiger partial charge < -0.3 is 29.6 Å². The number of nitrogens with one attached hydrogen (secondary N) is 1. The Balaban J connectivity index is 1.72. The highest BCUT2D eigenvalue weighted by molar-refractivity contribution is 6.05. The van der Waals surface area contributed by atoms with E-state index in [0.717, 1.165) is 0 Å². The fourth-order valence-electron chi connectivity index (χ4n) is 3.73. The molecule has 2 aromatic carbocycles. The van der Waals surface area contributed by atoms with Gasteiger partial charge in [-0.05, 0) is 47.7 Å². The number of amides is 1. The molecule has 2 aromatic rings. The summed E-state index contributed by atoms with van der Waals surface area (Å²) in [5.74, 6) is -1.45. The topological polar surface area (TPSA) is 158 Å². The molecular weight excluding hydrogens is 518 g/mol. The van der Waals surface area contributed by atoms with E-state index in [1.807, 2.05) is 27.7 Å². The molecule has 0 unspecified atom stereocenters. The second kappa shape index (κ2) is 13.6. The Labute approximate surface area is 233 Å². The molecular formula is C29H35N3O8. The van der Waals surface area contributed by atoms with Crippen molar-refractivity contribution in [3.05, 3.63) is 58.7 Å². The Morgan fingerprint density at radius 1 is 0.875 bits per heavy atom. The summed E-state index contributed by atoms with van der Waals surface area (Å²) in [4.78, 5) is 51.5. The Bertz CT molecular complexity index is 1290. The number of hydrogen-bond acceptors (Lipinski definition) is 9. The first-order valence-electron chi connectivity index (χ1n) is 12.9. The molecule has 1 aliphatic heterocycles. The number of ketones is 1. The number of carbonyl (C=O) groups excluding carboxylic acids is 4. The second-order valence-electron chi connectivity index (χ2n) is 10.3. The van der Waals surface area contributed by atoms with Gasteiger partial charge in [0.15, 0.2) is 30.5 Å². The predicted octanol–water partition coefficient (Wildman–Crippen LogP) is 2.97. The first-order valence-corrected chi connectivity index (χ1v) is 12.9. The molecule has 0 bridgehead atoms. The van der Waals surface area contributed by atoms with Crippen LogP contribution in [0.2, 0.25) is 0 Å². The van der Waals surface area contributed by atoms with Crippen molar-refractivity contribution in [3.63, 3.8) is 0 Å². The number of benzene rings is 2. The maximum absolute atomic E-state index is 13.2. The maximum atomic E-state index is 13.2. The highest BCUT2D eigenvalue weighted by Gasteiger charge is 2.29. The number of hydrogen-bond donors (Lipinski definition) is 2. The van der Waals surface area contributed by atoms with Gasteiger partial charge in [0.2, 0.25) is 0 Å². The van der Waals surface area contributed by atoms with Gasteiger partial charge >= 0.3 is 11.9 Å². The van der Waals surface area contributed by atoms with Crippen molar-refractivity contribution in [2.24, 2.45) is 17.6 Å². The third-order valence-corrected chi connectivity index (χ3v) is 5.74. The standard InChI is InChI=1S/C29H35N3O8/c1-17(2)13-39-26(34)15-37-24-8-6-19(10-25(24)38-16-27(35)40-14-18(3)4)23(33)12-32-11-21-9-20(28(30)31)5-7-22(21)29(32)36/h5-10,17-18H,11-16H2,1-4H3,(H3,30,31). The van der Waals surface area contributed by atoms with Gasteiger partial charge in [-0.2, -0.15) is 0 Å². The summed E-state index contributed by atoms with van der Waals surface area (Å²) < 4.78 is 21.4. The van der Waals surface area contributed by atoms with E-state index in [1.165, 1.54) is 23.1 Å². The van der Waals surface area contributed by atoms with E-state index >= 15 is 0 Å². The monoisotopic (exact) mass is 553 g/mol. The molecule has 1 aliphatic rings. The lowest BCUT2D eigenvalue weighted by Gasteiger charge is -2.17. The molecule has 3 rings (SSSR count). The highest BCUT2D eigenvalue weighted by Crippen LogP contribution is 2.30. The number of fused-ring (bicyclic) bond motifs is 1. The molecule has 40 heavy (non-hydrogen) atoms. The van der Waals surface area contributed by atoms with Crippen molar-refractivity contribution in [1.29, 1.82) is 5.41 Å². The molecule has 0 atom stereocenters. The van der Waals surface area contributed by atoms with E-state index in [1.54, 1.807) is 18.2 Å². The molecule has 0 radical (unpaired) electrons. The molecule has 0 saturated heterocycles. The number of nitrogens with two attached hydrogens (primary N) is 1.